The van der Waals surface area contributed by atoms with Crippen LogP contribution in [0.1, 0.15) is 48.4 Å². The minimum Gasteiger partial charge on any atom is -0.489 e. The van der Waals surface area contributed by atoms with Crippen LogP contribution in [0.5, 0.6) is 5.75 Å². The van der Waals surface area contributed by atoms with Crippen molar-refractivity contribution in [1.82, 2.24) is 4.90 Å². The van der Waals surface area contributed by atoms with E-state index < -0.39 is 0 Å². The lowest BCUT2D eigenvalue weighted by atomic mass is 9.84. The Morgan fingerprint density at radius 1 is 0.657 bits per heavy atom. The molecule has 35 heavy (non-hydrogen) atoms. The van der Waals surface area contributed by atoms with Crippen molar-refractivity contribution in [2.45, 2.75) is 45.9 Å². The smallest absolute Gasteiger partial charge is 0.120 e. The summed E-state index contributed by atoms with van der Waals surface area (Å²) >= 11 is 0. The topological polar surface area (TPSA) is 12.5 Å². The van der Waals surface area contributed by atoms with Crippen LogP contribution in [0.15, 0.2) is 115 Å². The summed E-state index contributed by atoms with van der Waals surface area (Å²) in [5.41, 5.74) is 5.28. The molecule has 0 amide bonds. The zero-order valence-corrected chi connectivity index (χ0v) is 21.0. The number of ether oxygens (including phenoxy) is 1. The molecule has 0 aliphatic heterocycles. The second-order valence-electron chi connectivity index (χ2n) is 9.48. The highest BCUT2D eigenvalue weighted by Gasteiger charge is 2.21. The van der Waals surface area contributed by atoms with Gasteiger partial charge in [0.1, 0.15) is 12.4 Å². The van der Waals surface area contributed by atoms with Crippen molar-refractivity contribution < 1.29 is 4.74 Å². The van der Waals surface area contributed by atoms with E-state index in [0.717, 1.165) is 31.8 Å². The van der Waals surface area contributed by atoms with Crippen LogP contribution >= 0.6 is 0 Å². The summed E-state index contributed by atoms with van der Waals surface area (Å²) in [6.45, 7) is 8.25. The van der Waals surface area contributed by atoms with Gasteiger partial charge >= 0.3 is 0 Å². The maximum Gasteiger partial charge on any atom is 0.120 e. The first-order valence-corrected chi connectivity index (χ1v) is 12.8. The predicted octanol–water partition coefficient (Wildman–Crippen LogP) is 8.10. The quantitative estimate of drug-likeness (QED) is 0.210. The van der Waals surface area contributed by atoms with Crippen molar-refractivity contribution in [1.29, 1.82) is 0 Å². The van der Waals surface area contributed by atoms with Crippen LogP contribution in [0, 0.1) is 5.92 Å². The van der Waals surface area contributed by atoms with Crippen molar-refractivity contribution in [3.8, 4) is 5.75 Å². The molecule has 0 aliphatic rings. The highest BCUT2D eigenvalue weighted by molar-refractivity contribution is 5.32. The Bertz CT molecular complexity index is 1090. The fourth-order valence-corrected chi connectivity index (χ4v) is 4.95. The molecule has 2 heteroatoms. The van der Waals surface area contributed by atoms with E-state index in [0.29, 0.717) is 18.4 Å². The second-order valence-corrected chi connectivity index (χ2v) is 9.48. The molecule has 0 N–H and O–H groups in total. The van der Waals surface area contributed by atoms with E-state index >= 15 is 0 Å². The van der Waals surface area contributed by atoms with E-state index in [-0.39, 0.29) is 0 Å². The van der Waals surface area contributed by atoms with Crippen LogP contribution in [0.4, 0.5) is 0 Å². The van der Waals surface area contributed by atoms with Crippen molar-refractivity contribution in [2.75, 3.05) is 6.54 Å². The third-order valence-electron chi connectivity index (χ3n) is 6.71. The molecule has 4 aromatic carbocycles. The first kappa shape index (κ1) is 24.8. The lowest BCUT2D eigenvalue weighted by molar-refractivity contribution is 0.204. The third kappa shape index (κ3) is 7.56. The molecular formula is C33H37NO. The number of rotatable bonds is 12. The fourth-order valence-electron chi connectivity index (χ4n) is 4.95. The molecule has 0 bridgehead atoms. The molecule has 0 fully saturated rings. The molecule has 2 nitrogen and oxygen atoms in total. The Hall–Kier alpha value is -3.36. The molecule has 0 saturated carbocycles. The van der Waals surface area contributed by atoms with E-state index in [2.05, 4.69) is 128 Å². The third-order valence-corrected chi connectivity index (χ3v) is 6.71. The molecule has 0 saturated heterocycles. The number of hydrogen-bond acceptors (Lipinski definition) is 2. The molecule has 0 spiro atoms. The lowest BCUT2D eigenvalue weighted by Gasteiger charge is -2.31. The summed E-state index contributed by atoms with van der Waals surface area (Å²) in [6.07, 6.45) is 1.10. The van der Waals surface area contributed by atoms with Crippen LogP contribution < -0.4 is 4.74 Å². The molecule has 0 aromatic heterocycles. The van der Waals surface area contributed by atoms with Gasteiger partial charge in [-0.2, -0.15) is 0 Å². The highest BCUT2D eigenvalue weighted by Crippen LogP contribution is 2.31. The number of benzene rings is 4. The molecule has 4 rings (SSSR count). The Labute approximate surface area is 211 Å². The van der Waals surface area contributed by atoms with Crippen LogP contribution in [0.25, 0.3) is 0 Å². The largest absolute Gasteiger partial charge is 0.489 e. The zero-order chi connectivity index (χ0) is 24.3. The van der Waals surface area contributed by atoms with Crippen molar-refractivity contribution in [2.24, 2.45) is 5.92 Å². The summed E-state index contributed by atoms with van der Waals surface area (Å²) in [4.78, 5) is 2.59. The van der Waals surface area contributed by atoms with Gasteiger partial charge in [0.05, 0.1) is 0 Å². The number of hydrogen-bond donors (Lipinski definition) is 0. The van der Waals surface area contributed by atoms with E-state index in [1.165, 1.54) is 22.3 Å². The first-order valence-electron chi connectivity index (χ1n) is 12.8. The van der Waals surface area contributed by atoms with Gasteiger partial charge in [0, 0.05) is 19.6 Å². The van der Waals surface area contributed by atoms with Gasteiger partial charge in [-0.1, -0.05) is 117 Å². The molecule has 180 valence electrons. The Kier molecular flexibility index (Phi) is 9.14. The van der Waals surface area contributed by atoms with E-state index in [9.17, 15) is 0 Å². The average molecular weight is 464 g/mol. The maximum atomic E-state index is 6.14. The normalized spacial score (nSPS) is 12.9. The minimum atomic E-state index is 0.476. The van der Waals surface area contributed by atoms with Gasteiger partial charge in [-0.15, -0.1) is 0 Å². The van der Waals surface area contributed by atoms with Crippen molar-refractivity contribution in [3.05, 3.63) is 138 Å². The molecule has 0 heterocycles. The summed E-state index contributed by atoms with van der Waals surface area (Å²) < 4.78 is 6.14. The monoisotopic (exact) mass is 463 g/mol. The Morgan fingerprint density at radius 3 is 1.74 bits per heavy atom. The van der Waals surface area contributed by atoms with Gasteiger partial charge in [-0.25, -0.2) is 0 Å². The first-order chi connectivity index (χ1) is 17.2. The van der Waals surface area contributed by atoms with Crippen LogP contribution in [-0.2, 0) is 19.7 Å². The van der Waals surface area contributed by atoms with Gasteiger partial charge in [0.15, 0.2) is 0 Å². The SMILES string of the molecule is CCC(c1cccc(OCc2ccccc2)c1)[C@@H](C)CN(Cc1ccccc1)Cc1ccccc1. The standard InChI is InChI=1S/C33H37NO/c1-3-33(31-20-13-21-32(22-31)35-26-30-18-11-6-12-19-30)27(2)23-34(24-28-14-7-4-8-15-28)25-29-16-9-5-10-17-29/h4-22,27,33H,3,23-26H2,1-2H3/t27-,33?/m0/s1. The fraction of sp³-hybridized carbons (Fsp3) is 0.273. The summed E-state index contributed by atoms with van der Waals surface area (Å²) in [5, 5.41) is 0. The predicted molar refractivity (Wildman–Crippen MR) is 146 cm³/mol. The molecular weight excluding hydrogens is 426 g/mol. The summed E-state index contributed by atoms with van der Waals surface area (Å²) in [6, 6.07) is 40.7. The highest BCUT2D eigenvalue weighted by atomic mass is 16.5. The van der Waals surface area contributed by atoms with E-state index in [1.54, 1.807) is 0 Å². The van der Waals surface area contributed by atoms with E-state index in [1.807, 2.05) is 6.07 Å². The summed E-state index contributed by atoms with van der Waals surface area (Å²) in [5.74, 6) is 1.93. The van der Waals surface area contributed by atoms with Gasteiger partial charge in [-0.3, -0.25) is 4.90 Å². The lowest BCUT2D eigenvalue weighted by Crippen LogP contribution is -2.30. The van der Waals surface area contributed by atoms with Gasteiger partial charge < -0.3 is 4.74 Å². The Morgan fingerprint density at radius 2 is 1.20 bits per heavy atom. The van der Waals surface area contributed by atoms with Crippen LogP contribution in [0.2, 0.25) is 0 Å². The van der Waals surface area contributed by atoms with Gasteiger partial charge in [-0.05, 0) is 52.6 Å². The average Bonchev–Trinajstić information content (AvgIpc) is 2.90. The Balaban J connectivity index is 1.46. The maximum absolute atomic E-state index is 6.14. The van der Waals surface area contributed by atoms with Gasteiger partial charge in [0.2, 0.25) is 0 Å². The van der Waals surface area contributed by atoms with Gasteiger partial charge in [0.25, 0.3) is 0 Å². The summed E-state index contributed by atoms with van der Waals surface area (Å²) in [7, 11) is 0. The second kappa shape index (κ2) is 12.9. The van der Waals surface area contributed by atoms with E-state index in [4.69, 9.17) is 4.74 Å². The molecule has 2 atom stereocenters. The zero-order valence-electron chi connectivity index (χ0n) is 21.0. The molecule has 0 aliphatic carbocycles. The molecule has 4 aromatic rings. The molecule has 1 unspecified atom stereocenters. The van der Waals surface area contributed by atoms with Crippen LogP contribution in [0.3, 0.4) is 0 Å². The molecule has 0 radical (unpaired) electrons. The van der Waals surface area contributed by atoms with Crippen LogP contribution in [-0.4, -0.2) is 11.4 Å². The minimum absolute atomic E-state index is 0.476. The van der Waals surface area contributed by atoms with Crippen molar-refractivity contribution in [3.63, 3.8) is 0 Å². The number of nitrogens with zero attached hydrogens (tertiary/aromatic N) is 1. The van der Waals surface area contributed by atoms with Crippen molar-refractivity contribution >= 4 is 0 Å².